The fourth-order valence-electron chi connectivity index (χ4n) is 2.47. The summed E-state index contributed by atoms with van der Waals surface area (Å²) < 4.78 is 0. The average molecular weight is 290 g/mol. The molecule has 0 aliphatic rings. The third kappa shape index (κ3) is 4.55. The molecule has 106 valence electrons. The predicted molar refractivity (Wildman–Crippen MR) is 84.4 cm³/mol. The lowest BCUT2D eigenvalue weighted by molar-refractivity contribution is 0.473. The van der Waals surface area contributed by atoms with E-state index in [-0.39, 0.29) is 0 Å². The number of nitrogens with one attached hydrogen (secondary N) is 1. The summed E-state index contributed by atoms with van der Waals surface area (Å²) in [6, 6.07) is 15.5. The van der Waals surface area contributed by atoms with Crippen molar-refractivity contribution in [2.45, 2.75) is 12.8 Å². The van der Waals surface area contributed by atoms with Crippen molar-refractivity contribution in [1.82, 2.24) is 5.32 Å². The first-order valence-electron chi connectivity index (χ1n) is 6.84. The molecule has 3 heteroatoms. The van der Waals surface area contributed by atoms with Crippen LogP contribution in [0.25, 0.3) is 0 Å². The van der Waals surface area contributed by atoms with Crippen molar-refractivity contribution in [3.8, 4) is 5.75 Å². The van der Waals surface area contributed by atoms with E-state index in [2.05, 4.69) is 11.4 Å². The zero-order valence-corrected chi connectivity index (χ0v) is 12.4. The Kier molecular flexibility index (Phi) is 5.45. The second kappa shape index (κ2) is 7.32. The molecule has 1 atom stereocenters. The second-order valence-electron chi connectivity index (χ2n) is 5.13. The van der Waals surface area contributed by atoms with Crippen LogP contribution in [-0.2, 0) is 12.8 Å². The van der Waals surface area contributed by atoms with E-state index in [1.165, 1.54) is 11.1 Å². The Morgan fingerprint density at radius 2 is 1.75 bits per heavy atom. The van der Waals surface area contributed by atoms with Crippen LogP contribution in [0, 0.1) is 5.92 Å². The van der Waals surface area contributed by atoms with E-state index in [0.29, 0.717) is 11.7 Å². The number of rotatable bonds is 6. The Bertz CT molecular complexity index is 539. The van der Waals surface area contributed by atoms with Gasteiger partial charge in [-0.1, -0.05) is 35.9 Å². The van der Waals surface area contributed by atoms with Crippen molar-refractivity contribution < 1.29 is 5.11 Å². The Morgan fingerprint density at radius 3 is 2.40 bits per heavy atom. The van der Waals surface area contributed by atoms with Crippen LogP contribution in [0.5, 0.6) is 5.75 Å². The SMILES string of the molecule is CNCC(Cc1ccc(O)cc1)Cc1cccc(Cl)c1. The summed E-state index contributed by atoms with van der Waals surface area (Å²) in [5.74, 6) is 0.816. The summed E-state index contributed by atoms with van der Waals surface area (Å²) >= 11 is 6.04. The van der Waals surface area contributed by atoms with Gasteiger partial charge in [0.15, 0.2) is 0 Å². The van der Waals surface area contributed by atoms with Gasteiger partial charge in [0.1, 0.15) is 5.75 Å². The maximum absolute atomic E-state index is 9.33. The first-order valence-corrected chi connectivity index (χ1v) is 7.22. The lowest BCUT2D eigenvalue weighted by Gasteiger charge is -2.17. The largest absolute Gasteiger partial charge is 0.508 e. The van der Waals surface area contributed by atoms with Crippen LogP contribution >= 0.6 is 11.6 Å². The fraction of sp³-hybridized carbons (Fsp3) is 0.294. The van der Waals surface area contributed by atoms with Gasteiger partial charge in [-0.05, 0) is 67.7 Å². The van der Waals surface area contributed by atoms with E-state index < -0.39 is 0 Å². The molecular formula is C17H20ClNO. The van der Waals surface area contributed by atoms with Gasteiger partial charge in [0, 0.05) is 5.02 Å². The highest BCUT2D eigenvalue weighted by Crippen LogP contribution is 2.19. The smallest absolute Gasteiger partial charge is 0.115 e. The monoisotopic (exact) mass is 289 g/mol. The van der Waals surface area contributed by atoms with Crippen molar-refractivity contribution in [2.24, 2.45) is 5.92 Å². The van der Waals surface area contributed by atoms with E-state index in [1.807, 2.05) is 37.4 Å². The van der Waals surface area contributed by atoms with Gasteiger partial charge in [-0.15, -0.1) is 0 Å². The molecule has 2 aromatic rings. The summed E-state index contributed by atoms with van der Waals surface area (Å²) in [4.78, 5) is 0. The van der Waals surface area contributed by atoms with E-state index >= 15 is 0 Å². The summed E-state index contributed by atoms with van der Waals surface area (Å²) in [6.45, 7) is 0.952. The number of phenols is 1. The van der Waals surface area contributed by atoms with Gasteiger partial charge in [0.2, 0.25) is 0 Å². The van der Waals surface area contributed by atoms with Crippen LogP contribution in [-0.4, -0.2) is 18.7 Å². The zero-order chi connectivity index (χ0) is 14.4. The lowest BCUT2D eigenvalue weighted by atomic mass is 9.92. The topological polar surface area (TPSA) is 32.3 Å². The number of aromatic hydroxyl groups is 1. The van der Waals surface area contributed by atoms with Crippen molar-refractivity contribution >= 4 is 11.6 Å². The number of hydrogen-bond donors (Lipinski definition) is 2. The molecule has 0 bridgehead atoms. The summed E-state index contributed by atoms with van der Waals surface area (Å²) in [5, 5.41) is 13.4. The minimum Gasteiger partial charge on any atom is -0.508 e. The zero-order valence-electron chi connectivity index (χ0n) is 11.6. The molecule has 0 spiro atoms. The molecule has 0 radical (unpaired) electrons. The van der Waals surface area contributed by atoms with E-state index in [1.54, 1.807) is 12.1 Å². The average Bonchev–Trinajstić information content (AvgIpc) is 2.42. The minimum atomic E-state index is 0.314. The van der Waals surface area contributed by atoms with Gasteiger partial charge in [-0.25, -0.2) is 0 Å². The highest BCUT2D eigenvalue weighted by atomic mass is 35.5. The van der Waals surface area contributed by atoms with Crippen molar-refractivity contribution in [3.63, 3.8) is 0 Å². The Hall–Kier alpha value is -1.51. The molecule has 0 saturated heterocycles. The summed E-state index contributed by atoms with van der Waals surface area (Å²) in [6.07, 6.45) is 1.97. The van der Waals surface area contributed by atoms with Gasteiger partial charge >= 0.3 is 0 Å². The first-order chi connectivity index (χ1) is 9.67. The predicted octanol–water partition coefficient (Wildman–Crippen LogP) is 3.67. The number of phenolic OH excluding ortho intramolecular Hbond substituents is 1. The number of benzene rings is 2. The van der Waals surface area contributed by atoms with E-state index in [0.717, 1.165) is 24.4 Å². The molecule has 0 aliphatic carbocycles. The molecule has 1 unspecified atom stereocenters. The molecule has 2 aromatic carbocycles. The van der Waals surface area contributed by atoms with Crippen molar-refractivity contribution in [2.75, 3.05) is 13.6 Å². The van der Waals surface area contributed by atoms with Gasteiger partial charge < -0.3 is 10.4 Å². The van der Waals surface area contributed by atoms with Crippen molar-refractivity contribution in [3.05, 3.63) is 64.7 Å². The first kappa shape index (κ1) is 14.9. The van der Waals surface area contributed by atoms with E-state index in [9.17, 15) is 5.11 Å². The van der Waals surface area contributed by atoms with Crippen LogP contribution in [0.4, 0.5) is 0 Å². The minimum absolute atomic E-state index is 0.314. The Morgan fingerprint density at radius 1 is 1.05 bits per heavy atom. The molecule has 0 aliphatic heterocycles. The van der Waals surface area contributed by atoms with Gasteiger partial charge in [-0.2, -0.15) is 0 Å². The number of hydrogen-bond acceptors (Lipinski definition) is 2. The molecule has 0 heterocycles. The standard InChI is InChI=1S/C17H20ClNO/c1-19-12-15(9-13-5-7-17(20)8-6-13)10-14-3-2-4-16(18)11-14/h2-8,11,15,19-20H,9-10,12H2,1H3. The molecule has 0 aromatic heterocycles. The highest BCUT2D eigenvalue weighted by molar-refractivity contribution is 6.30. The Balaban J connectivity index is 2.05. The molecule has 2 nitrogen and oxygen atoms in total. The lowest BCUT2D eigenvalue weighted by Crippen LogP contribution is -2.22. The molecule has 0 fully saturated rings. The molecule has 20 heavy (non-hydrogen) atoms. The maximum Gasteiger partial charge on any atom is 0.115 e. The summed E-state index contributed by atoms with van der Waals surface area (Å²) in [5.41, 5.74) is 2.50. The maximum atomic E-state index is 9.33. The summed E-state index contributed by atoms with van der Waals surface area (Å²) in [7, 11) is 1.97. The van der Waals surface area contributed by atoms with Gasteiger partial charge in [0.25, 0.3) is 0 Å². The normalized spacial score (nSPS) is 12.3. The second-order valence-corrected chi connectivity index (χ2v) is 5.56. The molecular weight excluding hydrogens is 270 g/mol. The molecule has 0 saturated carbocycles. The quantitative estimate of drug-likeness (QED) is 0.850. The van der Waals surface area contributed by atoms with Crippen LogP contribution in [0.1, 0.15) is 11.1 Å². The Labute approximate surface area is 125 Å². The third-order valence-corrected chi connectivity index (χ3v) is 3.60. The third-order valence-electron chi connectivity index (χ3n) is 3.37. The van der Waals surface area contributed by atoms with Crippen LogP contribution in [0.2, 0.25) is 5.02 Å². The fourth-order valence-corrected chi connectivity index (χ4v) is 2.68. The van der Waals surface area contributed by atoms with Crippen LogP contribution in [0.3, 0.4) is 0 Å². The number of halogens is 1. The molecule has 0 amide bonds. The van der Waals surface area contributed by atoms with Gasteiger partial charge in [-0.3, -0.25) is 0 Å². The molecule has 2 N–H and O–H groups in total. The van der Waals surface area contributed by atoms with Crippen LogP contribution < -0.4 is 5.32 Å². The molecule has 2 rings (SSSR count). The van der Waals surface area contributed by atoms with Crippen molar-refractivity contribution in [1.29, 1.82) is 0 Å². The van der Waals surface area contributed by atoms with Crippen LogP contribution in [0.15, 0.2) is 48.5 Å². The highest BCUT2D eigenvalue weighted by Gasteiger charge is 2.10. The van der Waals surface area contributed by atoms with Gasteiger partial charge in [0.05, 0.1) is 0 Å². The van der Waals surface area contributed by atoms with E-state index in [4.69, 9.17) is 11.6 Å².